The molecule has 2 unspecified atom stereocenters. The first-order valence-corrected chi connectivity index (χ1v) is 14.8. The molecule has 4 aromatic rings. The van der Waals surface area contributed by atoms with Crippen LogP contribution in [-0.2, 0) is 30.3 Å². The Hall–Kier alpha value is -3.13. The Morgan fingerprint density at radius 3 is 2.80 bits per heavy atom. The summed E-state index contributed by atoms with van der Waals surface area (Å²) in [4.78, 5) is 41.5. The average Bonchev–Trinajstić information content (AvgIpc) is 3.69. The van der Waals surface area contributed by atoms with Crippen LogP contribution in [0.3, 0.4) is 0 Å². The van der Waals surface area contributed by atoms with E-state index in [0.29, 0.717) is 16.9 Å². The first kappa shape index (κ1) is 28.0. The number of rotatable bonds is 8. The largest absolute Gasteiger partial charge is 0.394 e. The van der Waals surface area contributed by atoms with E-state index < -0.39 is 61.9 Å². The van der Waals surface area contributed by atoms with Crippen molar-refractivity contribution in [3.8, 4) is 0 Å². The smallest absolute Gasteiger partial charge is 0.325 e. The summed E-state index contributed by atoms with van der Waals surface area (Å²) in [5.74, 6) is 0.0759. The molecule has 8 N–H and O–H groups in total. The van der Waals surface area contributed by atoms with Crippen LogP contribution in [0.1, 0.15) is 18.9 Å². The highest BCUT2D eigenvalue weighted by Gasteiger charge is 2.50. The number of nitrogen functional groups attached to an aromatic ring is 2. The lowest BCUT2D eigenvalue weighted by Crippen LogP contribution is -2.32. The number of hydrogen-bond donors (Lipinski definition) is 6. The van der Waals surface area contributed by atoms with Gasteiger partial charge in [-0.15, -0.1) is 0 Å². The molecule has 0 aromatic carbocycles. The summed E-state index contributed by atoms with van der Waals surface area (Å²) < 4.78 is 40.7. The fourth-order valence-corrected chi connectivity index (χ4v) is 6.32. The predicted octanol–water partition coefficient (Wildman–Crippen LogP) is -0.776. The predicted molar refractivity (Wildman–Crippen MR) is 142 cm³/mol. The zero-order chi connectivity index (χ0) is 29.1. The van der Waals surface area contributed by atoms with E-state index in [0.717, 1.165) is 6.33 Å². The molecule has 17 nitrogen and oxygen atoms in total. The highest BCUT2D eigenvalue weighted by molar-refractivity contribution is 8.07. The molecule has 0 spiro atoms. The van der Waals surface area contributed by atoms with Crippen molar-refractivity contribution in [1.82, 2.24) is 34.1 Å². The molecular formula is C21H25FN9O8PS. The number of alkyl halides is 1. The van der Waals surface area contributed by atoms with Crippen molar-refractivity contribution in [2.24, 2.45) is 0 Å². The van der Waals surface area contributed by atoms with E-state index in [4.69, 9.17) is 41.8 Å². The first-order valence-electron chi connectivity index (χ1n) is 12.3. The van der Waals surface area contributed by atoms with Crippen LogP contribution in [-0.4, -0.2) is 93.0 Å². The third-order valence-corrected chi connectivity index (χ3v) is 8.44. The third-order valence-electron chi connectivity index (χ3n) is 6.88. The molecular weight excluding hydrogens is 588 g/mol. The molecule has 4 aromatic heterocycles. The quantitative estimate of drug-likeness (QED) is 0.134. The number of anilines is 2. The van der Waals surface area contributed by atoms with E-state index in [-0.39, 0.29) is 30.1 Å². The van der Waals surface area contributed by atoms with Crippen LogP contribution in [0.2, 0.25) is 0 Å². The maximum atomic E-state index is 15.3. The van der Waals surface area contributed by atoms with E-state index >= 15 is 4.39 Å². The number of fused-ring (bicyclic) bond motifs is 2. The lowest BCUT2D eigenvalue weighted by atomic mass is 10.1. The van der Waals surface area contributed by atoms with Crippen LogP contribution in [0.25, 0.3) is 22.2 Å². The Kier molecular flexibility index (Phi) is 7.25. The molecule has 2 saturated heterocycles. The molecule has 6 heterocycles. The summed E-state index contributed by atoms with van der Waals surface area (Å²) in [7, 11) is 0. The Balaban J connectivity index is 1.17. The van der Waals surface area contributed by atoms with Crippen LogP contribution in [0.4, 0.5) is 16.2 Å². The van der Waals surface area contributed by atoms with Gasteiger partial charge in [0.25, 0.3) is 5.56 Å². The number of imidazole rings is 1. The van der Waals surface area contributed by atoms with Gasteiger partial charge in [0.1, 0.15) is 42.3 Å². The summed E-state index contributed by atoms with van der Waals surface area (Å²) in [6.07, 6.45) is -4.48. The van der Waals surface area contributed by atoms with Crippen LogP contribution in [0.15, 0.2) is 29.7 Å². The van der Waals surface area contributed by atoms with Gasteiger partial charge >= 0.3 is 6.72 Å². The van der Waals surface area contributed by atoms with Gasteiger partial charge in [0.2, 0.25) is 5.95 Å². The van der Waals surface area contributed by atoms with E-state index in [9.17, 15) is 19.9 Å². The fraction of sp³-hybridized carbons (Fsp3) is 0.476. The monoisotopic (exact) mass is 613 g/mol. The number of aromatic amines is 1. The minimum Gasteiger partial charge on any atom is -0.394 e. The van der Waals surface area contributed by atoms with Gasteiger partial charge in [-0.05, 0) is 17.9 Å². The van der Waals surface area contributed by atoms with Gasteiger partial charge in [0.15, 0.2) is 23.6 Å². The standard InChI is InChI=1S/C21H25FN9O8PS/c22-13-10(4-32)38-20(31-7-27-14-18(31)28-21(24)29-19(14)34)15(13)39-40(35,41)36-5-11-9(33)3-12(37-11)30-2-1-8-16(23)25-6-26-17(8)30/h1-2,6-7,9-13,15,20,32-33H,3-5H2,(H,35,41)(H2,23,25,26)(H3,24,28,29,34)/t9-,10+,11+,12?,13+,15+,20+,40?/m0/s1. The van der Waals surface area contributed by atoms with E-state index in [1.807, 2.05) is 0 Å². The second kappa shape index (κ2) is 10.6. The summed E-state index contributed by atoms with van der Waals surface area (Å²) >= 11 is 5.14. The van der Waals surface area contributed by atoms with Gasteiger partial charge in [-0.2, -0.15) is 4.98 Å². The first-order chi connectivity index (χ1) is 19.6. The number of nitrogens with one attached hydrogen (secondary N) is 1. The Morgan fingerprint density at radius 1 is 1.22 bits per heavy atom. The number of aromatic nitrogens is 7. The van der Waals surface area contributed by atoms with Crippen LogP contribution in [0.5, 0.6) is 0 Å². The molecule has 0 aliphatic carbocycles. The molecule has 41 heavy (non-hydrogen) atoms. The van der Waals surface area contributed by atoms with Crippen molar-refractivity contribution in [2.75, 3.05) is 24.7 Å². The van der Waals surface area contributed by atoms with Crippen molar-refractivity contribution in [3.63, 3.8) is 0 Å². The topological polar surface area (TPSA) is 244 Å². The van der Waals surface area contributed by atoms with Crippen LogP contribution < -0.4 is 17.0 Å². The minimum absolute atomic E-state index is 0.0408. The normalized spacial score (nSPS) is 29.9. The minimum atomic E-state index is -4.19. The molecule has 6 rings (SSSR count). The zero-order valence-electron chi connectivity index (χ0n) is 20.9. The molecule has 220 valence electrons. The van der Waals surface area contributed by atoms with E-state index in [1.54, 1.807) is 16.8 Å². The van der Waals surface area contributed by atoms with Crippen molar-refractivity contribution in [2.45, 2.75) is 49.5 Å². The van der Waals surface area contributed by atoms with Gasteiger partial charge in [0.05, 0.1) is 31.0 Å². The number of H-pyrrole nitrogens is 1. The number of nitrogens with zero attached hydrogens (tertiary/aromatic N) is 6. The SMILES string of the molecule is Nc1nc2c(ncn2[C@@H]2O[C@H](CO)[C@@H](F)[C@H]2OP(O)(=S)OC[C@H]2OC(n3ccc4c(N)ncnc43)C[C@@H]2O)c(=O)[nH]1. The molecule has 20 heteroatoms. The van der Waals surface area contributed by atoms with Gasteiger partial charge in [0, 0.05) is 12.6 Å². The van der Waals surface area contributed by atoms with Crippen molar-refractivity contribution in [3.05, 3.63) is 35.3 Å². The summed E-state index contributed by atoms with van der Waals surface area (Å²) in [6, 6.07) is 1.72. The Bertz CT molecular complexity index is 1700. The summed E-state index contributed by atoms with van der Waals surface area (Å²) in [6.45, 7) is -5.29. The molecule has 0 bridgehead atoms. The van der Waals surface area contributed by atoms with Gasteiger partial charge < -0.3 is 45.1 Å². The second-order valence-corrected chi connectivity index (χ2v) is 12.2. The average molecular weight is 614 g/mol. The number of nitrogens with two attached hydrogens (primary N) is 2. The van der Waals surface area contributed by atoms with E-state index in [2.05, 4.69) is 24.9 Å². The van der Waals surface area contributed by atoms with Gasteiger partial charge in [-0.25, -0.2) is 19.3 Å². The van der Waals surface area contributed by atoms with Crippen molar-refractivity contribution < 1.29 is 38.0 Å². The Labute approximate surface area is 234 Å². The maximum Gasteiger partial charge on any atom is 0.325 e. The molecule has 0 radical (unpaired) electrons. The zero-order valence-corrected chi connectivity index (χ0v) is 22.6. The molecule has 0 amide bonds. The maximum absolute atomic E-state index is 15.3. The molecule has 2 aliphatic rings. The lowest BCUT2D eigenvalue weighted by Gasteiger charge is -2.26. The number of hydrogen-bond acceptors (Lipinski definition) is 14. The summed E-state index contributed by atoms with van der Waals surface area (Å²) in [5.41, 5.74) is 11.3. The van der Waals surface area contributed by atoms with Crippen LogP contribution >= 0.6 is 6.72 Å². The number of aliphatic hydroxyl groups excluding tert-OH is 2. The van der Waals surface area contributed by atoms with Gasteiger partial charge in [-0.3, -0.25) is 18.9 Å². The van der Waals surface area contributed by atoms with Gasteiger partial charge in [-0.1, -0.05) is 0 Å². The summed E-state index contributed by atoms with van der Waals surface area (Å²) in [5, 5.41) is 20.8. The van der Waals surface area contributed by atoms with Crippen LogP contribution in [0, 0.1) is 0 Å². The molecule has 2 aliphatic heterocycles. The second-order valence-electron chi connectivity index (χ2n) is 9.45. The Morgan fingerprint density at radius 2 is 2.02 bits per heavy atom. The van der Waals surface area contributed by atoms with Crippen molar-refractivity contribution >= 4 is 52.5 Å². The lowest BCUT2D eigenvalue weighted by molar-refractivity contribution is -0.0544. The fourth-order valence-electron chi connectivity index (χ4n) is 4.92. The van der Waals surface area contributed by atoms with Crippen molar-refractivity contribution in [1.29, 1.82) is 0 Å². The highest BCUT2D eigenvalue weighted by atomic mass is 32.5. The third kappa shape index (κ3) is 5.09. The number of ether oxygens (including phenoxy) is 2. The van der Waals surface area contributed by atoms with E-state index in [1.165, 1.54) is 10.9 Å². The molecule has 8 atom stereocenters. The number of aliphatic hydroxyl groups is 2. The molecule has 0 saturated carbocycles. The number of halogens is 1. The molecule has 2 fully saturated rings. The highest BCUT2D eigenvalue weighted by Crippen LogP contribution is 2.51.